The number of piperazine rings is 2. The van der Waals surface area contributed by atoms with Crippen LogP contribution in [0.4, 0.5) is 4.79 Å². The van der Waals surface area contributed by atoms with E-state index in [1.807, 2.05) is 19.1 Å². The molecule has 30 heavy (non-hydrogen) atoms. The van der Waals surface area contributed by atoms with Crippen LogP contribution in [0, 0.1) is 6.92 Å². The lowest BCUT2D eigenvalue weighted by Crippen LogP contribution is -2.70. The molecular weight excluding hydrogens is 386 g/mol. The maximum Gasteiger partial charge on any atom is 0.415 e. The summed E-state index contributed by atoms with van der Waals surface area (Å²) in [6, 6.07) is 12.3. The molecule has 2 aliphatic rings. The third-order valence-corrected chi connectivity index (χ3v) is 5.44. The van der Waals surface area contributed by atoms with E-state index in [9.17, 15) is 19.5 Å². The highest BCUT2D eigenvalue weighted by Crippen LogP contribution is 2.21. The van der Waals surface area contributed by atoms with Gasteiger partial charge in [0.15, 0.2) is 0 Å². The van der Waals surface area contributed by atoms with Gasteiger partial charge >= 0.3 is 6.09 Å². The molecule has 2 aromatic rings. The molecule has 2 aliphatic heterocycles. The van der Waals surface area contributed by atoms with Gasteiger partial charge in [0.25, 0.3) is 0 Å². The van der Waals surface area contributed by atoms with E-state index in [0.717, 1.165) is 11.1 Å². The van der Waals surface area contributed by atoms with Crippen LogP contribution in [0.3, 0.4) is 0 Å². The molecule has 156 valence electrons. The number of rotatable bonds is 3. The van der Waals surface area contributed by atoms with Gasteiger partial charge in [-0.05, 0) is 36.8 Å². The predicted molar refractivity (Wildman–Crippen MR) is 108 cm³/mol. The van der Waals surface area contributed by atoms with Crippen LogP contribution in [0.25, 0.3) is 0 Å². The molecule has 0 aromatic heterocycles. The number of benzene rings is 2. The smallest absolute Gasteiger partial charge is 0.415 e. The van der Waals surface area contributed by atoms with Crippen LogP contribution in [0.15, 0.2) is 48.5 Å². The van der Waals surface area contributed by atoms with Crippen LogP contribution in [0.1, 0.15) is 11.1 Å². The van der Waals surface area contributed by atoms with Crippen molar-refractivity contribution < 1.29 is 24.2 Å². The van der Waals surface area contributed by atoms with Crippen molar-refractivity contribution in [3.63, 3.8) is 0 Å². The number of phenols is 1. The topological polar surface area (TPSA) is 99.2 Å². The molecule has 2 heterocycles. The van der Waals surface area contributed by atoms with E-state index < -0.39 is 18.2 Å². The van der Waals surface area contributed by atoms with Gasteiger partial charge in [-0.1, -0.05) is 29.8 Å². The number of amides is 3. The fraction of sp³-hybridized carbons (Fsp3) is 0.318. The largest absolute Gasteiger partial charge is 0.508 e. The van der Waals surface area contributed by atoms with Crippen molar-refractivity contribution in [1.82, 2.24) is 15.1 Å². The van der Waals surface area contributed by atoms with Crippen LogP contribution in [0.5, 0.6) is 11.5 Å². The number of phenolic OH excluding ortho intramolecular Hbond substituents is 1. The zero-order chi connectivity index (χ0) is 21.3. The average Bonchev–Trinajstić information content (AvgIpc) is 2.74. The summed E-state index contributed by atoms with van der Waals surface area (Å²) in [5, 5.41) is 12.2. The van der Waals surface area contributed by atoms with Gasteiger partial charge in [0.05, 0.1) is 6.54 Å². The van der Waals surface area contributed by atoms with E-state index >= 15 is 0 Å². The molecule has 3 amide bonds. The van der Waals surface area contributed by atoms with Gasteiger partial charge in [0, 0.05) is 19.5 Å². The fourth-order valence-electron chi connectivity index (χ4n) is 3.74. The van der Waals surface area contributed by atoms with Gasteiger partial charge in [-0.3, -0.25) is 9.59 Å². The Morgan fingerprint density at radius 3 is 2.50 bits per heavy atom. The summed E-state index contributed by atoms with van der Waals surface area (Å²) in [4.78, 5) is 41.1. The zero-order valence-corrected chi connectivity index (χ0v) is 16.6. The van der Waals surface area contributed by atoms with Crippen molar-refractivity contribution in [2.24, 2.45) is 0 Å². The Kier molecular flexibility index (Phi) is 5.31. The summed E-state index contributed by atoms with van der Waals surface area (Å²) in [5.41, 5.74) is 1.90. The molecule has 2 aromatic carbocycles. The van der Waals surface area contributed by atoms with Crippen LogP contribution < -0.4 is 10.1 Å². The summed E-state index contributed by atoms with van der Waals surface area (Å²) in [7, 11) is 0. The highest BCUT2D eigenvalue weighted by molar-refractivity contribution is 5.97. The Bertz CT molecular complexity index is 958. The maximum atomic E-state index is 12.9. The van der Waals surface area contributed by atoms with Gasteiger partial charge < -0.3 is 25.0 Å². The maximum absolute atomic E-state index is 12.9. The van der Waals surface area contributed by atoms with Gasteiger partial charge in [0.2, 0.25) is 11.8 Å². The molecule has 0 radical (unpaired) electrons. The second-order valence-corrected chi connectivity index (χ2v) is 7.61. The molecule has 2 atom stereocenters. The van der Waals surface area contributed by atoms with Gasteiger partial charge in [-0.2, -0.15) is 0 Å². The Morgan fingerprint density at radius 2 is 1.80 bits per heavy atom. The summed E-state index contributed by atoms with van der Waals surface area (Å²) in [5.74, 6) is 0.128. The number of fused-ring (bicyclic) bond motifs is 1. The first-order chi connectivity index (χ1) is 14.4. The van der Waals surface area contributed by atoms with Crippen LogP contribution >= 0.6 is 0 Å². The standard InChI is InChI=1S/C22H23N3O5/c1-14-2-8-17(9-3-14)30-22(29)24-10-11-25-19(13-24)20(27)23-18(21(25)28)12-15-4-6-16(26)7-5-15/h2-9,18-19,26H,10-13H2,1H3,(H,23,27)/t18-,19+/m0/s1. The summed E-state index contributed by atoms with van der Waals surface area (Å²) >= 11 is 0. The van der Waals surface area contributed by atoms with Gasteiger partial charge in [-0.15, -0.1) is 0 Å². The van der Waals surface area contributed by atoms with E-state index in [-0.39, 0.29) is 30.7 Å². The number of carbonyl (C=O) groups is 3. The second kappa shape index (κ2) is 8.06. The molecule has 0 spiro atoms. The number of aromatic hydroxyl groups is 1. The highest BCUT2D eigenvalue weighted by atomic mass is 16.6. The third kappa shape index (κ3) is 4.07. The zero-order valence-electron chi connectivity index (χ0n) is 16.6. The second-order valence-electron chi connectivity index (χ2n) is 7.61. The van der Waals surface area contributed by atoms with E-state index in [1.54, 1.807) is 41.3 Å². The number of carbonyl (C=O) groups excluding carboxylic acids is 3. The minimum Gasteiger partial charge on any atom is -0.508 e. The number of hydrogen-bond donors (Lipinski definition) is 2. The molecule has 0 aliphatic carbocycles. The van der Waals surface area contributed by atoms with Crippen molar-refractivity contribution >= 4 is 17.9 Å². The Labute approximate surface area is 174 Å². The fourth-order valence-corrected chi connectivity index (χ4v) is 3.74. The molecule has 0 unspecified atom stereocenters. The molecular formula is C22H23N3O5. The minimum atomic E-state index is -0.729. The molecule has 4 rings (SSSR count). The van der Waals surface area contributed by atoms with Crippen molar-refractivity contribution in [3.8, 4) is 11.5 Å². The number of nitrogens with one attached hydrogen (secondary N) is 1. The van der Waals surface area contributed by atoms with E-state index in [1.165, 1.54) is 4.90 Å². The molecule has 0 bridgehead atoms. The minimum absolute atomic E-state index is 0.0915. The molecule has 8 nitrogen and oxygen atoms in total. The predicted octanol–water partition coefficient (Wildman–Crippen LogP) is 1.45. The van der Waals surface area contributed by atoms with E-state index in [4.69, 9.17) is 4.74 Å². The molecule has 2 N–H and O–H groups in total. The Hall–Kier alpha value is -3.55. The molecule has 8 heteroatoms. The lowest BCUT2D eigenvalue weighted by atomic mass is 9.98. The number of aryl methyl sites for hydroxylation is 1. The van der Waals surface area contributed by atoms with Crippen molar-refractivity contribution in [1.29, 1.82) is 0 Å². The first kappa shape index (κ1) is 19.8. The summed E-state index contributed by atoms with van der Waals surface area (Å²) in [6.45, 7) is 2.60. The summed E-state index contributed by atoms with van der Waals surface area (Å²) in [6.07, 6.45) is -0.197. The van der Waals surface area contributed by atoms with Gasteiger partial charge in [0.1, 0.15) is 23.6 Å². The lowest BCUT2D eigenvalue weighted by molar-refractivity contribution is -0.152. The SMILES string of the molecule is Cc1ccc(OC(=O)N2CCN3C(=O)[C@H](Cc4ccc(O)cc4)NC(=O)[C@H]3C2)cc1. The van der Waals surface area contributed by atoms with Crippen molar-refractivity contribution in [2.75, 3.05) is 19.6 Å². The van der Waals surface area contributed by atoms with Gasteiger partial charge in [-0.25, -0.2) is 4.79 Å². The quantitative estimate of drug-likeness (QED) is 0.800. The van der Waals surface area contributed by atoms with Crippen molar-refractivity contribution in [3.05, 3.63) is 59.7 Å². The number of ether oxygens (including phenoxy) is 1. The number of hydrogen-bond acceptors (Lipinski definition) is 5. The monoisotopic (exact) mass is 409 g/mol. The Morgan fingerprint density at radius 1 is 1.10 bits per heavy atom. The van der Waals surface area contributed by atoms with Crippen LogP contribution in [-0.2, 0) is 16.0 Å². The highest BCUT2D eigenvalue weighted by Gasteiger charge is 2.44. The first-order valence-corrected chi connectivity index (χ1v) is 9.83. The average molecular weight is 409 g/mol. The van der Waals surface area contributed by atoms with Crippen LogP contribution in [0.2, 0.25) is 0 Å². The normalized spacial score (nSPS) is 21.1. The van der Waals surface area contributed by atoms with E-state index in [0.29, 0.717) is 18.7 Å². The molecule has 2 saturated heterocycles. The summed E-state index contributed by atoms with van der Waals surface area (Å²) < 4.78 is 5.39. The van der Waals surface area contributed by atoms with Crippen molar-refractivity contribution in [2.45, 2.75) is 25.4 Å². The Balaban J connectivity index is 1.39. The molecule has 2 fully saturated rings. The third-order valence-electron chi connectivity index (χ3n) is 5.44. The first-order valence-electron chi connectivity index (χ1n) is 9.83. The number of nitrogens with zero attached hydrogens (tertiary/aromatic N) is 2. The van der Waals surface area contributed by atoms with E-state index in [2.05, 4.69) is 5.32 Å². The lowest BCUT2D eigenvalue weighted by Gasteiger charge is -2.44. The van der Waals surface area contributed by atoms with Crippen LogP contribution in [-0.4, -0.2) is 64.5 Å². The molecule has 0 saturated carbocycles.